The summed E-state index contributed by atoms with van der Waals surface area (Å²) < 4.78 is 0. The molecule has 5 heteroatoms. The van der Waals surface area contributed by atoms with Crippen LogP contribution < -0.4 is 10.6 Å². The molecule has 3 N–H and O–H groups in total. The van der Waals surface area contributed by atoms with Crippen LogP contribution in [0.3, 0.4) is 0 Å². The van der Waals surface area contributed by atoms with Crippen molar-refractivity contribution in [2.24, 2.45) is 0 Å². The van der Waals surface area contributed by atoms with Gasteiger partial charge in [0.15, 0.2) is 0 Å². The van der Waals surface area contributed by atoms with Gasteiger partial charge in [0, 0.05) is 13.1 Å². The van der Waals surface area contributed by atoms with E-state index in [1.54, 1.807) is 0 Å². The van der Waals surface area contributed by atoms with Crippen molar-refractivity contribution in [3.63, 3.8) is 0 Å². The summed E-state index contributed by atoms with van der Waals surface area (Å²) in [7, 11) is 0. The highest BCUT2D eigenvalue weighted by Crippen LogP contribution is 2.06. The summed E-state index contributed by atoms with van der Waals surface area (Å²) in [5.74, 6) is -0.0413. The van der Waals surface area contributed by atoms with E-state index >= 15 is 0 Å². The van der Waals surface area contributed by atoms with Gasteiger partial charge in [0.05, 0.1) is 12.1 Å². The number of hydrogen-bond acceptors (Lipinski definition) is 3. The van der Waals surface area contributed by atoms with Gasteiger partial charge in [0.1, 0.15) is 0 Å². The maximum atomic E-state index is 11.7. The maximum absolute atomic E-state index is 11.7. The Labute approximate surface area is 107 Å². The molecule has 2 unspecified atom stereocenters. The fourth-order valence-electron chi connectivity index (χ4n) is 1.83. The van der Waals surface area contributed by atoms with Crippen LogP contribution in [0.5, 0.6) is 0 Å². The molecule has 0 aliphatic carbocycles. The van der Waals surface area contributed by atoms with Gasteiger partial charge in [-0.25, -0.2) is 0 Å². The molecule has 2 rings (SSSR count). The van der Waals surface area contributed by atoms with Crippen LogP contribution >= 0.6 is 12.4 Å². The van der Waals surface area contributed by atoms with Gasteiger partial charge in [0.25, 0.3) is 0 Å². The summed E-state index contributed by atoms with van der Waals surface area (Å²) in [4.78, 5) is 11.7. The maximum Gasteiger partial charge on any atom is 0.237 e. The Morgan fingerprint density at radius 1 is 1.41 bits per heavy atom. The van der Waals surface area contributed by atoms with Crippen LogP contribution in [0.25, 0.3) is 0 Å². The molecule has 1 aliphatic heterocycles. The average molecular weight is 257 g/mol. The average Bonchev–Trinajstić information content (AvgIpc) is 2.74. The van der Waals surface area contributed by atoms with Gasteiger partial charge < -0.3 is 15.7 Å². The molecule has 4 nitrogen and oxygen atoms in total. The largest absolute Gasteiger partial charge is 0.392 e. The zero-order chi connectivity index (χ0) is 11.4. The molecule has 2 atom stereocenters. The van der Waals surface area contributed by atoms with Gasteiger partial charge in [-0.2, -0.15) is 0 Å². The van der Waals surface area contributed by atoms with Crippen molar-refractivity contribution in [1.29, 1.82) is 0 Å². The lowest BCUT2D eigenvalue weighted by Gasteiger charge is -2.10. The zero-order valence-electron chi connectivity index (χ0n) is 9.43. The summed E-state index contributed by atoms with van der Waals surface area (Å²) in [5.41, 5.74) is 1.08. The minimum Gasteiger partial charge on any atom is -0.392 e. The topological polar surface area (TPSA) is 61.4 Å². The summed E-state index contributed by atoms with van der Waals surface area (Å²) in [6.45, 7) is 1.04. The second kappa shape index (κ2) is 6.59. The molecule has 1 heterocycles. The number of nitrogens with one attached hydrogen (secondary N) is 2. The number of halogens is 1. The quantitative estimate of drug-likeness (QED) is 0.736. The van der Waals surface area contributed by atoms with Crippen molar-refractivity contribution < 1.29 is 9.90 Å². The van der Waals surface area contributed by atoms with E-state index in [4.69, 9.17) is 0 Å². The first kappa shape index (κ1) is 14.0. The molecule has 1 amide bonds. The number of aliphatic hydroxyl groups excluding tert-OH is 1. The summed E-state index contributed by atoms with van der Waals surface area (Å²) in [5, 5.41) is 15.1. The van der Waals surface area contributed by atoms with Crippen LogP contribution in [0.2, 0.25) is 0 Å². The predicted molar refractivity (Wildman–Crippen MR) is 68.0 cm³/mol. The SMILES string of the molecule is Cl.O=C(NCc1ccccc1)C1CC(O)CN1. The molecule has 1 fully saturated rings. The highest BCUT2D eigenvalue weighted by molar-refractivity contribution is 5.85. The third kappa shape index (κ3) is 4.00. The van der Waals surface area contributed by atoms with Gasteiger partial charge in [-0.15, -0.1) is 12.4 Å². The minimum atomic E-state index is -0.396. The Kier molecular flexibility index (Phi) is 5.41. The Morgan fingerprint density at radius 3 is 2.71 bits per heavy atom. The zero-order valence-corrected chi connectivity index (χ0v) is 10.2. The monoisotopic (exact) mass is 256 g/mol. The molecule has 0 aromatic heterocycles. The van der Waals surface area contributed by atoms with Crippen LogP contribution in [-0.2, 0) is 11.3 Å². The van der Waals surface area contributed by atoms with E-state index in [1.165, 1.54) is 0 Å². The van der Waals surface area contributed by atoms with E-state index in [0.717, 1.165) is 5.56 Å². The second-order valence-electron chi connectivity index (χ2n) is 4.05. The van der Waals surface area contributed by atoms with Gasteiger partial charge in [-0.3, -0.25) is 4.79 Å². The Morgan fingerprint density at radius 2 is 2.12 bits per heavy atom. The van der Waals surface area contributed by atoms with E-state index in [0.29, 0.717) is 19.5 Å². The number of carbonyl (C=O) groups is 1. The first-order valence-corrected chi connectivity index (χ1v) is 5.49. The minimum absolute atomic E-state index is 0. The van der Waals surface area contributed by atoms with E-state index in [9.17, 15) is 9.90 Å². The first-order chi connectivity index (χ1) is 7.75. The van der Waals surface area contributed by atoms with Gasteiger partial charge in [-0.05, 0) is 12.0 Å². The summed E-state index contributed by atoms with van der Waals surface area (Å²) in [6, 6.07) is 9.52. The van der Waals surface area contributed by atoms with E-state index in [1.807, 2.05) is 30.3 Å². The fourth-order valence-corrected chi connectivity index (χ4v) is 1.83. The van der Waals surface area contributed by atoms with E-state index < -0.39 is 6.10 Å². The van der Waals surface area contributed by atoms with Crippen molar-refractivity contribution in [3.8, 4) is 0 Å². The molecule has 0 radical (unpaired) electrons. The highest BCUT2D eigenvalue weighted by atomic mass is 35.5. The molecule has 0 bridgehead atoms. The van der Waals surface area contributed by atoms with Crippen LogP contribution in [-0.4, -0.2) is 29.7 Å². The van der Waals surface area contributed by atoms with Crippen molar-refractivity contribution in [3.05, 3.63) is 35.9 Å². The first-order valence-electron chi connectivity index (χ1n) is 5.49. The number of amides is 1. The number of benzene rings is 1. The van der Waals surface area contributed by atoms with Crippen molar-refractivity contribution in [2.75, 3.05) is 6.54 Å². The lowest BCUT2D eigenvalue weighted by Crippen LogP contribution is -2.39. The second-order valence-corrected chi connectivity index (χ2v) is 4.05. The molecule has 1 aromatic carbocycles. The van der Waals surface area contributed by atoms with Gasteiger partial charge in [-0.1, -0.05) is 30.3 Å². The van der Waals surface area contributed by atoms with Crippen LogP contribution in [0.1, 0.15) is 12.0 Å². The number of carbonyl (C=O) groups excluding carboxylic acids is 1. The molecule has 0 saturated carbocycles. The molecule has 0 spiro atoms. The molecule has 17 heavy (non-hydrogen) atoms. The lowest BCUT2D eigenvalue weighted by molar-refractivity contribution is -0.123. The Bertz CT molecular complexity index is 359. The smallest absolute Gasteiger partial charge is 0.237 e. The molecular formula is C12H17ClN2O2. The lowest BCUT2D eigenvalue weighted by atomic mass is 10.2. The number of hydrogen-bond donors (Lipinski definition) is 3. The standard InChI is InChI=1S/C12H16N2O2.ClH/c15-10-6-11(13-8-10)12(16)14-7-9-4-2-1-3-5-9;/h1-5,10-11,13,15H,6-8H2,(H,14,16);1H. The molecular weight excluding hydrogens is 240 g/mol. The van der Waals surface area contributed by atoms with Crippen molar-refractivity contribution in [2.45, 2.75) is 25.1 Å². The van der Waals surface area contributed by atoms with Crippen LogP contribution in [0.15, 0.2) is 30.3 Å². The molecule has 1 aliphatic rings. The van der Waals surface area contributed by atoms with E-state index in [2.05, 4.69) is 10.6 Å². The van der Waals surface area contributed by atoms with E-state index in [-0.39, 0.29) is 24.4 Å². The van der Waals surface area contributed by atoms with Crippen molar-refractivity contribution in [1.82, 2.24) is 10.6 Å². The van der Waals surface area contributed by atoms with Crippen molar-refractivity contribution >= 4 is 18.3 Å². The fraction of sp³-hybridized carbons (Fsp3) is 0.417. The number of rotatable bonds is 3. The summed E-state index contributed by atoms with van der Waals surface area (Å²) in [6.07, 6.45) is 0.105. The van der Waals surface area contributed by atoms with Crippen LogP contribution in [0, 0.1) is 0 Å². The predicted octanol–water partition coefficient (Wildman–Crippen LogP) is 0.447. The Balaban J connectivity index is 0.00000144. The normalized spacial score (nSPS) is 22.9. The van der Waals surface area contributed by atoms with Gasteiger partial charge in [0.2, 0.25) is 5.91 Å². The third-order valence-electron chi connectivity index (χ3n) is 2.73. The van der Waals surface area contributed by atoms with Crippen LogP contribution in [0.4, 0.5) is 0 Å². The Hall–Kier alpha value is -1.10. The number of β-amino-alcohol motifs (C(OH)–C–C–N with tert-alkyl or cyclic N) is 1. The molecule has 94 valence electrons. The number of aliphatic hydroxyl groups is 1. The summed E-state index contributed by atoms with van der Waals surface area (Å²) >= 11 is 0. The van der Waals surface area contributed by atoms with Gasteiger partial charge >= 0.3 is 0 Å². The molecule has 1 aromatic rings. The highest BCUT2D eigenvalue weighted by Gasteiger charge is 2.27. The third-order valence-corrected chi connectivity index (χ3v) is 2.73. The molecule has 1 saturated heterocycles.